The van der Waals surface area contributed by atoms with Crippen molar-refractivity contribution >= 4 is 5.57 Å². The fraction of sp³-hybridized carbons (Fsp3) is 0.625. The first kappa shape index (κ1) is 20.1. The van der Waals surface area contributed by atoms with E-state index in [9.17, 15) is 5.26 Å². The molecule has 1 saturated heterocycles. The van der Waals surface area contributed by atoms with Crippen LogP contribution in [-0.4, -0.2) is 24.2 Å². The van der Waals surface area contributed by atoms with Gasteiger partial charge in [0.25, 0.3) is 0 Å². The zero-order valence-electron chi connectivity index (χ0n) is 17.1. The first-order valence-electron chi connectivity index (χ1n) is 10.4. The molecule has 0 amide bonds. The van der Waals surface area contributed by atoms with E-state index in [4.69, 9.17) is 0 Å². The second-order valence-corrected chi connectivity index (χ2v) is 9.37. The van der Waals surface area contributed by atoms with Crippen LogP contribution in [0, 0.1) is 22.2 Å². The molecule has 0 saturated carbocycles. The molecule has 1 fully saturated rings. The zero-order chi connectivity index (χ0) is 19.5. The molecule has 2 atom stereocenters. The summed E-state index contributed by atoms with van der Waals surface area (Å²) >= 11 is 0. The second kappa shape index (κ2) is 8.15. The summed E-state index contributed by atoms with van der Waals surface area (Å²) in [6.45, 7) is 8.28. The van der Waals surface area contributed by atoms with Gasteiger partial charge in [-0.1, -0.05) is 51.1 Å². The Bertz CT molecular complexity index is 707. The minimum absolute atomic E-state index is 0.205. The third-order valence-electron chi connectivity index (χ3n) is 6.80. The third kappa shape index (κ3) is 4.27. The fourth-order valence-electron chi connectivity index (χ4n) is 4.78. The number of nitrogens with zero attached hydrogens (tertiary/aromatic N) is 2. The van der Waals surface area contributed by atoms with E-state index < -0.39 is 11.6 Å². The topological polar surface area (TPSA) is 27.0 Å². The highest BCUT2D eigenvalue weighted by Gasteiger charge is 2.51. The SMILES string of the molecule is CC(C)(C)C1(CC#N)CCN(Cc2ccc(C3=CCCCC3)cc2)CC1F. The first-order valence-corrected chi connectivity index (χ1v) is 10.4. The summed E-state index contributed by atoms with van der Waals surface area (Å²) in [5.41, 5.74) is 3.31. The Labute approximate surface area is 164 Å². The normalized spacial score (nSPS) is 27.1. The summed E-state index contributed by atoms with van der Waals surface area (Å²) in [5, 5.41) is 9.26. The van der Waals surface area contributed by atoms with Crippen molar-refractivity contribution in [1.29, 1.82) is 5.26 Å². The van der Waals surface area contributed by atoms with E-state index in [0.717, 1.165) is 19.5 Å². The van der Waals surface area contributed by atoms with Gasteiger partial charge in [-0.25, -0.2) is 4.39 Å². The Morgan fingerprint density at radius 2 is 1.96 bits per heavy atom. The van der Waals surface area contributed by atoms with Crippen LogP contribution < -0.4 is 0 Å². The lowest BCUT2D eigenvalue weighted by Crippen LogP contribution is -2.54. The molecule has 0 aromatic heterocycles. The number of rotatable bonds is 4. The molecule has 2 nitrogen and oxygen atoms in total. The number of nitriles is 1. The van der Waals surface area contributed by atoms with E-state index in [1.54, 1.807) is 0 Å². The van der Waals surface area contributed by atoms with Gasteiger partial charge >= 0.3 is 0 Å². The monoisotopic (exact) mass is 368 g/mol. The van der Waals surface area contributed by atoms with Crippen LogP contribution in [0.15, 0.2) is 30.3 Å². The maximum absolute atomic E-state index is 15.2. The van der Waals surface area contributed by atoms with Gasteiger partial charge in [0.2, 0.25) is 0 Å². The maximum Gasteiger partial charge on any atom is 0.120 e. The van der Waals surface area contributed by atoms with E-state index in [1.807, 2.05) is 0 Å². The number of hydrogen-bond donors (Lipinski definition) is 0. The smallest absolute Gasteiger partial charge is 0.120 e. The van der Waals surface area contributed by atoms with Gasteiger partial charge in [0, 0.05) is 24.9 Å². The Kier molecular flexibility index (Phi) is 6.06. The third-order valence-corrected chi connectivity index (χ3v) is 6.80. The lowest BCUT2D eigenvalue weighted by Gasteiger charge is -2.51. The molecule has 3 rings (SSSR count). The van der Waals surface area contributed by atoms with Crippen molar-refractivity contribution in [1.82, 2.24) is 4.90 Å². The standard InChI is InChI=1S/C24H33FN2/c1-23(2,3)24(13-15-26)14-16-27(18-22(24)25)17-19-9-11-21(12-10-19)20-7-5-4-6-8-20/h7,9-12,22H,4-6,8,13-14,16-18H2,1-3H3. The predicted octanol–water partition coefficient (Wildman–Crippen LogP) is 6.13. The van der Waals surface area contributed by atoms with Crippen molar-refractivity contribution < 1.29 is 4.39 Å². The van der Waals surface area contributed by atoms with Crippen molar-refractivity contribution in [2.24, 2.45) is 10.8 Å². The number of likely N-dealkylation sites (tertiary alicyclic amines) is 1. The lowest BCUT2D eigenvalue weighted by molar-refractivity contribution is -0.0660. The maximum atomic E-state index is 15.2. The molecule has 3 heteroatoms. The van der Waals surface area contributed by atoms with Crippen molar-refractivity contribution in [2.75, 3.05) is 13.1 Å². The quantitative estimate of drug-likeness (QED) is 0.639. The molecule has 1 aromatic rings. The van der Waals surface area contributed by atoms with Gasteiger partial charge in [-0.3, -0.25) is 4.90 Å². The fourth-order valence-corrected chi connectivity index (χ4v) is 4.78. The number of hydrogen-bond acceptors (Lipinski definition) is 2. The molecular weight excluding hydrogens is 335 g/mol. The molecular formula is C24H33FN2. The van der Waals surface area contributed by atoms with Gasteiger partial charge in [-0.05, 0) is 60.8 Å². The van der Waals surface area contributed by atoms with Crippen LogP contribution in [0.25, 0.3) is 5.57 Å². The van der Waals surface area contributed by atoms with Crippen LogP contribution in [0.2, 0.25) is 0 Å². The Hall–Kier alpha value is -1.66. The lowest BCUT2D eigenvalue weighted by atomic mass is 9.59. The van der Waals surface area contributed by atoms with E-state index in [1.165, 1.54) is 42.4 Å². The van der Waals surface area contributed by atoms with Gasteiger partial charge in [0.1, 0.15) is 6.17 Å². The van der Waals surface area contributed by atoms with Gasteiger partial charge in [-0.15, -0.1) is 0 Å². The number of allylic oxidation sites excluding steroid dienone is 2. The van der Waals surface area contributed by atoms with Crippen molar-refractivity contribution in [3.63, 3.8) is 0 Å². The van der Waals surface area contributed by atoms with Gasteiger partial charge in [0.05, 0.1) is 6.07 Å². The highest BCUT2D eigenvalue weighted by Crippen LogP contribution is 2.50. The molecule has 2 unspecified atom stereocenters. The van der Waals surface area contributed by atoms with Crippen molar-refractivity contribution in [2.45, 2.75) is 72.0 Å². The molecule has 146 valence electrons. The molecule has 1 heterocycles. The van der Waals surface area contributed by atoms with Crippen LogP contribution in [0.5, 0.6) is 0 Å². The van der Waals surface area contributed by atoms with Crippen LogP contribution in [0.4, 0.5) is 4.39 Å². The van der Waals surface area contributed by atoms with Crippen LogP contribution in [0.1, 0.15) is 70.4 Å². The minimum atomic E-state index is -0.961. The molecule has 1 aliphatic carbocycles. The van der Waals surface area contributed by atoms with E-state index in [2.05, 4.69) is 62.1 Å². The molecule has 0 N–H and O–H groups in total. The van der Waals surface area contributed by atoms with Crippen molar-refractivity contribution in [3.05, 3.63) is 41.5 Å². The Morgan fingerprint density at radius 3 is 2.52 bits per heavy atom. The van der Waals surface area contributed by atoms with Gasteiger partial charge < -0.3 is 0 Å². The Balaban J connectivity index is 1.64. The van der Waals surface area contributed by atoms with Gasteiger partial charge in [0.15, 0.2) is 0 Å². The molecule has 0 spiro atoms. The van der Waals surface area contributed by atoms with Crippen molar-refractivity contribution in [3.8, 4) is 6.07 Å². The Morgan fingerprint density at radius 1 is 1.22 bits per heavy atom. The molecule has 1 aromatic carbocycles. The molecule has 0 radical (unpaired) electrons. The average molecular weight is 369 g/mol. The van der Waals surface area contributed by atoms with Crippen LogP contribution >= 0.6 is 0 Å². The highest BCUT2D eigenvalue weighted by atomic mass is 19.1. The predicted molar refractivity (Wildman–Crippen MR) is 110 cm³/mol. The summed E-state index contributed by atoms with van der Waals surface area (Å²) in [7, 11) is 0. The molecule has 1 aliphatic heterocycles. The summed E-state index contributed by atoms with van der Waals surface area (Å²) in [6, 6.07) is 11.1. The van der Waals surface area contributed by atoms with E-state index in [-0.39, 0.29) is 5.41 Å². The number of halogens is 1. The molecule has 0 bridgehead atoms. The zero-order valence-corrected chi connectivity index (χ0v) is 17.1. The summed E-state index contributed by atoms with van der Waals surface area (Å²) in [6.07, 6.45) is 7.44. The van der Waals surface area contributed by atoms with Crippen LogP contribution in [0.3, 0.4) is 0 Å². The minimum Gasteiger partial charge on any atom is -0.296 e. The summed E-state index contributed by atoms with van der Waals surface area (Å²) < 4.78 is 15.2. The van der Waals surface area contributed by atoms with Crippen LogP contribution in [-0.2, 0) is 6.54 Å². The summed E-state index contributed by atoms with van der Waals surface area (Å²) in [5.74, 6) is 0. The number of benzene rings is 1. The second-order valence-electron chi connectivity index (χ2n) is 9.37. The summed E-state index contributed by atoms with van der Waals surface area (Å²) in [4.78, 5) is 2.21. The largest absolute Gasteiger partial charge is 0.296 e. The average Bonchev–Trinajstić information content (AvgIpc) is 2.64. The van der Waals surface area contributed by atoms with Gasteiger partial charge in [-0.2, -0.15) is 5.26 Å². The number of alkyl halides is 1. The number of piperidine rings is 1. The van der Waals surface area contributed by atoms with E-state index in [0.29, 0.717) is 13.0 Å². The first-order chi connectivity index (χ1) is 12.9. The highest BCUT2D eigenvalue weighted by molar-refractivity contribution is 5.66. The van der Waals surface area contributed by atoms with E-state index >= 15 is 4.39 Å². The molecule has 27 heavy (non-hydrogen) atoms. The molecule has 2 aliphatic rings.